The number of hydrogen-bond acceptors (Lipinski definition) is 3. The Morgan fingerprint density at radius 1 is 1.03 bits per heavy atom. The lowest BCUT2D eigenvalue weighted by molar-refractivity contribution is 0.0976. The van der Waals surface area contributed by atoms with Crippen LogP contribution in [0, 0.1) is 11.6 Å². The van der Waals surface area contributed by atoms with Crippen LogP contribution in [0.25, 0.3) is 0 Å². The van der Waals surface area contributed by atoms with E-state index in [4.69, 9.17) is 0 Å². The third kappa shape index (κ3) is 6.18. The highest BCUT2D eigenvalue weighted by Crippen LogP contribution is 2.20. The zero-order chi connectivity index (χ0) is 22.2. The molecule has 1 amide bonds. The predicted octanol–water partition coefficient (Wildman–Crippen LogP) is 5.27. The molecule has 5 nitrogen and oxygen atoms in total. The van der Waals surface area contributed by atoms with Gasteiger partial charge in [-0.3, -0.25) is 15.1 Å². The van der Waals surface area contributed by atoms with E-state index >= 15 is 0 Å². The number of carbonyl (C=O) groups is 1. The van der Waals surface area contributed by atoms with E-state index in [1.165, 1.54) is 11.6 Å². The molecule has 0 bridgehead atoms. The van der Waals surface area contributed by atoms with Gasteiger partial charge >= 0.3 is 0 Å². The van der Waals surface area contributed by atoms with E-state index in [-0.39, 0.29) is 11.5 Å². The lowest BCUT2D eigenvalue weighted by atomic mass is 9.99. The molecule has 3 aromatic rings. The molecular weight excluding hydrogens is 398 g/mol. The summed E-state index contributed by atoms with van der Waals surface area (Å²) in [4.78, 5) is 21.0. The van der Waals surface area contributed by atoms with Gasteiger partial charge in [-0.2, -0.15) is 0 Å². The fraction of sp³-hybridized carbons (Fsp3) is 0.208. The van der Waals surface area contributed by atoms with E-state index in [2.05, 4.69) is 34.5 Å². The zero-order valence-corrected chi connectivity index (χ0v) is 17.4. The summed E-state index contributed by atoms with van der Waals surface area (Å²) in [6, 6.07) is 14.5. The molecule has 1 aromatic heterocycles. The average molecular weight is 422 g/mol. The Hall–Kier alpha value is -3.61. The van der Waals surface area contributed by atoms with Crippen molar-refractivity contribution < 1.29 is 13.6 Å². The minimum atomic E-state index is -1.09. The second kappa shape index (κ2) is 10.4. The number of halogens is 2. The average Bonchev–Trinajstić information content (AvgIpc) is 2.79. The van der Waals surface area contributed by atoms with Gasteiger partial charge in [0.25, 0.3) is 5.91 Å². The van der Waals surface area contributed by atoms with Crippen LogP contribution in [0.3, 0.4) is 0 Å². The summed E-state index contributed by atoms with van der Waals surface area (Å²) in [5, 5.41) is 5.74. The minimum absolute atomic E-state index is 0.00979. The standard InChI is InChI=1S/C24H24F2N4O/c1-3-16(2)18-4-7-20(8-5-18)29-24(28-15-17-10-12-27-13-11-17)30-23(31)19-6-9-21(25)22(26)14-19/h4-14,16H,3,15H2,1-2H3,(H2,28,29,30,31)/t16-/m0/s1. The number of benzene rings is 2. The van der Waals surface area contributed by atoms with Crippen LogP contribution in [0.2, 0.25) is 0 Å². The molecule has 0 aliphatic carbocycles. The monoisotopic (exact) mass is 422 g/mol. The number of aliphatic imine (C=N–C) groups is 1. The number of nitrogens with zero attached hydrogens (tertiary/aromatic N) is 2. The van der Waals surface area contributed by atoms with Crippen molar-refractivity contribution in [1.82, 2.24) is 10.3 Å². The summed E-state index contributed by atoms with van der Waals surface area (Å²) in [6.07, 6.45) is 4.35. The fourth-order valence-corrected chi connectivity index (χ4v) is 2.85. The lowest BCUT2D eigenvalue weighted by Gasteiger charge is -2.14. The molecule has 0 fully saturated rings. The molecule has 0 saturated heterocycles. The Morgan fingerprint density at radius 3 is 2.39 bits per heavy atom. The van der Waals surface area contributed by atoms with Crippen LogP contribution in [-0.2, 0) is 6.54 Å². The summed E-state index contributed by atoms with van der Waals surface area (Å²) in [5.74, 6) is -2.06. The first-order valence-electron chi connectivity index (χ1n) is 10.0. The Morgan fingerprint density at radius 2 is 1.74 bits per heavy atom. The Labute approximate surface area is 180 Å². The van der Waals surface area contributed by atoms with Crippen LogP contribution >= 0.6 is 0 Å². The predicted molar refractivity (Wildman–Crippen MR) is 118 cm³/mol. The first-order chi connectivity index (χ1) is 15.0. The minimum Gasteiger partial charge on any atom is -0.326 e. The van der Waals surface area contributed by atoms with Gasteiger partial charge in [0.1, 0.15) is 0 Å². The van der Waals surface area contributed by atoms with E-state index in [0.717, 1.165) is 29.8 Å². The number of amides is 1. The molecule has 2 aromatic carbocycles. The molecule has 31 heavy (non-hydrogen) atoms. The SMILES string of the molecule is CC[C@H](C)c1ccc(NC(=NCc2ccncc2)NC(=O)c2ccc(F)c(F)c2)cc1. The highest BCUT2D eigenvalue weighted by molar-refractivity contribution is 6.09. The number of pyridine rings is 1. The van der Waals surface area contributed by atoms with Gasteiger partial charge in [-0.15, -0.1) is 0 Å². The second-order valence-electron chi connectivity index (χ2n) is 7.16. The van der Waals surface area contributed by atoms with Crippen molar-refractivity contribution in [2.45, 2.75) is 32.7 Å². The number of hydrogen-bond donors (Lipinski definition) is 2. The third-order valence-electron chi connectivity index (χ3n) is 4.94. The van der Waals surface area contributed by atoms with Crippen LogP contribution in [0.4, 0.5) is 14.5 Å². The van der Waals surface area contributed by atoms with Crippen molar-refractivity contribution in [1.29, 1.82) is 0 Å². The molecular formula is C24H24F2N4O. The van der Waals surface area contributed by atoms with Gasteiger partial charge in [0.05, 0.1) is 6.54 Å². The number of aromatic nitrogens is 1. The number of guanidine groups is 1. The Bertz CT molecular complexity index is 1050. The first-order valence-corrected chi connectivity index (χ1v) is 10.0. The zero-order valence-electron chi connectivity index (χ0n) is 17.4. The third-order valence-corrected chi connectivity index (χ3v) is 4.94. The summed E-state index contributed by atoms with van der Waals surface area (Å²) >= 11 is 0. The summed E-state index contributed by atoms with van der Waals surface area (Å²) in [7, 11) is 0. The normalized spacial score (nSPS) is 12.3. The molecule has 0 unspecified atom stereocenters. The van der Waals surface area contributed by atoms with E-state index in [0.29, 0.717) is 12.5 Å². The highest BCUT2D eigenvalue weighted by atomic mass is 19.2. The lowest BCUT2D eigenvalue weighted by Crippen LogP contribution is -2.36. The van der Waals surface area contributed by atoms with E-state index < -0.39 is 17.5 Å². The van der Waals surface area contributed by atoms with Crippen molar-refractivity contribution in [2.24, 2.45) is 4.99 Å². The van der Waals surface area contributed by atoms with Gasteiger partial charge < -0.3 is 5.32 Å². The first kappa shape index (κ1) is 22.1. The van der Waals surface area contributed by atoms with Crippen molar-refractivity contribution >= 4 is 17.6 Å². The van der Waals surface area contributed by atoms with Gasteiger partial charge in [0, 0.05) is 23.6 Å². The van der Waals surface area contributed by atoms with Crippen LogP contribution < -0.4 is 10.6 Å². The molecule has 160 valence electrons. The molecule has 0 aliphatic heterocycles. The Balaban J connectivity index is 1.80. The molecule has 3 rings (SSSR count). The van der Waals surface area contributed by atoms with Gasteiger partial charge in [0.15, 0.2) is 11.6 Å². The van der Waals surface area contributed by atoms with Crippen LogP contribution in [-0.4, -0.2) is 16.9 Å². The summed E-state index contributed by atoms with van der Waals surface area (Å²) < 4.78 is 26.7. The second-order valence-corrected chi connectivity index (χ2v) is 7.16. The molecule has 0 aliphatic rings. The fourth-order valence-electron chi connectivity index (χ4n) is 2.85. The number of anilines is 1. The van der Waals surface area contributed by atoms with Crippen molar-refractivity contribution in [2.75, 3.05) is 5.32 Å². The van der Waals surface area contributed by atoms with Crippen LogP contribution in [0.15, 0.2) is 72.0 Å². The summed E-state index contributed by atoms with van der Waals surface area (Å²) in [5.41, 5.74) is 2.85. The quantitative estimate of drug-likeness (QED) is 0.420. The van der Waals surface area contributed by atoms with Gasteiger partial charge in [0.2, 0.25) is 5.96 Å². The van der Waals surface area contributed by atoms with Crippen LogP contribution in [0.1, 0.15) is 47.7 Å². The molecule has 0 saturated carbocycles. The number of rotatable bonds is 6. The van der Waals surface area contributed by atoms with Crippen LogP contribution in [0.5, 0.6) is 0 Å². The molecule has 0 spiro atoms. The van der Waals surface area contributed by atoms with Crippen molar-refractivity contribution in [3.63, 3.8) is 0 Å². The topological polar surface area (TPSA) is 66.4 Å². The van der Waals surface area contributed by atoms with Gasteiger partial charge in [-0.1, -0.05) is 26.0 Å². The van der Waals surface area contributed by atoms with Gasteiger partial charge in [-0.05, 0) is 65.9 Å². The number of nitrogens with one attached hydrogen (secondary N) is 2. The maximum atomic E-state index is 13.5. The summed E-state index contributed by atoms with van der Waals surface area (Å²) in [6.45, 7) is 4.59. The van der Waals surface area contributed by atoms with Gasteiger partial charge in [-0.25, -0.2) is 13.8 Å². The maximum absolute atomic E-state index is 13.5. The molecule has 7 heteroatoms. The number of carbonyl (C=O) groups excluding carboxylic acids is 1. The van der Waals surface area contributed by atoms with Crippen molar-refractivity contribution in [3.8, 4) is 0 Å². The maximum Gasteiger partial charge on any atom is 0.258 e. The van der Waals surface area contributed by atoms with E-state index in [1.54, 1.807) is 12.4 Å². The van der Waals surface area contributed by atoms with E-state index in [1.807, 2.05) is 36.4 Å². The van der Waals surface area contributed by atoms with E-state index in [9.17, 15) is 13.6 Å². The highest BCUT2D eigenvalue weighted by Gasteiger charge is 2.13. The smallest absolute Gasteiger partial charge is 0.258 e. The Kier molecular flexibility index (Phi) is 7.43. The largest absolute Gasteiger partial charge is 0.326 e. The molecule has 2 N–H and O–H groups in total. The molecule has 0 radical (unpaired) electrons. The molecule has 1 atom stereocenters. The van der Waals surface area contributed by atoms with Crippen molar-refractivity contribution in [3.05, 3.63) is 95.3 Å². The molecule has 1 heterocycles.